The van der Waals surface area contributed by atoms with Gasteiger partial charge in [-0.05, 0) is 38.5 Å². The summed E-state index contributed by atoms with van der Waals surface area (Å²) in [5, 5.41) is 13.3. The van der Waals surface area contributed by atoms with Crippen molar-refractivity contribution in [1.82, 2.24) is 5.32 Å². The number of hydrogen-bond donors (Lipinski definition) is 2. The summed E-state index contributed by atoms with van der Waals surface area (Å²) in [6.07, 6.45) is -0.361. The Kier molecular flexibility index (Phi) is 6.84. The molecule has 0 aromatic heterocycles. The zero-order valence-corrected chi connectivity index (χ0v) is 12.2. The standard InChI is InChI=1S/C15H25NO3/c1-11(2)19-14-7-5-13(6-8-14)15(17)9-16-12(3)10-18-4/h5-8,11-12,15-17H,9-10H2,1-4H3. The Hall–Kier alpha value is -1.10. The molecule has 19 heavy (non-hydrogen) atoms. The van der Waals surface area contributed by atoms with Gasteiger partial charge in [-0.3, -0.25) is 0 Å². The summed E-state index contributed by atoms with van der Waals surface area (Å²) in [5.74, 6) is 0.826. The summed E-state index contributed by atoms with van der Waals surface area (Å²) in [7, 11) is 1.67. The van der Waals surface area contributed by atoms with Gasteiger partial charge in [-0.1, -0.05) is 12.1 Å². The van der Waals surface area contributed by atoms with E-state index in [4.69, 9.17) is 9.47 Å². The summed E-state index contributed by atoms with van der Waals surface area (Å²) in [4.78, 5) is 0. The maximum atomic E-state index is 10.1. The predicted molar refractivity (Wildman–Crippen MR) is 76.5 cm³/mol. The lowest BCUT2D eigenvalue weighted by atomic mass is 10.1. The van der Waals surface area contributed by atoms with Crippen LogP contribution in [-0.2, 0) is 4.74 Å². The third-order valence-electron chi connectivity index (χ3n) is 2.71. The lowest BCUT2D eigenvalue weighted by Gasteiger charge is -2.17. The summed E-state index contributed by atoms with van der Waals surface area (Å²) in [6, 6.07) is 7.79. The number of aliphatic hydroxyl groups is 1. The highest BCUT2D eigenvalue weighted by Gasteiger charge is 2.09. The first-order chi connectivity index (χ1) is 9.02. The van der Waals surface area contributed by atoms with Gasteiger partial charge in [0.25, 0.3) is 0 Å². The van der Waals surface area contributed by atoms with E-state index in [0.717, 1.165) is 11.3 Å². The van der Waals surface area contributed by atoms with Gasteiger partial charge >= 0.3 is 0 Å². The van der Waals surface area contributed by atoms with Crippen molar-refractivity contribution in [3.05, 3.63) is 29.8 Å². The van der Waals surface area contributed by atoms with Crippen LogP contribution in [0.4, 0.5) is 0 Å². The second-order valence-corrected chi connectivity index (χ2v) is 5.02. The van der Waals surface area contributed by atoms with Gasteiger partial charge in [0.2, 0.25) is 0 Å². The first-order valence-electron chi connectivity index (χ1n) is 6.70. The fraction of sp³-hybridized carbons (Fsp3) is 0.600. The molecule has 0 saturated carbocycles. The van der Waals surface area contributed by atoms with Gasteiger partial charge in [0.1, 0.15) is 5.75 Å². The Labute approximate surface area is 115 Å². The second-order valence-electron chi connectivity index (χ2n) is 5.02. The second kappa shape index (κ2) is 8.15. The van der Waals surface area contributed by atoms with Crippen LogP contribution in [0, 0.1) is 0 Å². The molecule has 108 valence electrons. The molecular weight excluding hydrogens is 242 g/mol. The van der Waals surface area contributed by atoms with E-state index in [1.807, 2.05) is 45.0 Å². The van der Waals surface area contributed by atoms with Crippen LogP contribution in [0.5, 0.6) is 5.75 Å². The molecule has 2 N–H and O–H groups in total. The molecule has 0 aliphatic carbocycles. The van der Waals surface area contributed by atoms with E-state index >= 15 is 0 Å². The number of rotatable bonds is 8. The lowest BCUT2D eigenvalue weighted by Crippen LogP contribution is -2.33. The van der Waals surface area contributed by atoms with E-state index in [1.54, 1.807) is 7.11 Å². The fourth-order valence-corrected chi connectivity index (χ4v) is 1.78. The zero-order chi connectivity index (χ0) is 14.3. The molecule has 0 aliphatic heterocycles. The predicted octanol–water partition coefficient (Wildman–Crippen LogP) is 2.13. The Morgan fingerprint density at radius 1 is 1.16 bits per heavy atom. The van der Waals surface area contributed by atoms with Gasteiger partial charge in [-0.25, -0.2) is 0 Å². The number of benzene rings is 1. The summed E-state index contributed by atoms with van der Waals surface area (Å²) >= 11 is 0. The molecule has 0 saturated heterocycles. The molecule has 0 bridgehead atoms. The maximum absolute atomic E-state index is 10.1. The van der Waals surface area contributed by atoms with Crippen LogP contribution in [0.3, 0.4) is 0 Å². The topological polar surface area (TPSA) is 50.7 Å². The quantitative estimate of drug-likeness (QED) is 0.757. The highest BCUT2D eigenvalue weighted by molar-refractivity contribution is 5.28. The van der Waals surface area contributed by atoms with Crippen LogP contribution in [0.25, 0.3) is 0 Å². The van der Waals surface area contributed by atoms with Crippen LogP contribution in [0.1, 0.15) is 32.4 Å². The first-order valence-corrected chi connectivity index (χ1v) is 6.70. The summed E-state index contributed by atoms with van der Waals surface area (Å²) in [5.41, 5.74) is 0.883. The van der Waals surface area contributed by atoms with E-state index in [-0.39, 0.29) is 12.1 Å². The Morgan fingerprint density at radius 3 is 2.32 bits per heavy atom. The molecule has 4 heteroatoms. The third kappa shape index (κ3) is 6.05. The molecule has 2 unspecified atom stereocenters. The molecule has 4 nitrogen and oxygen atoms in total. The highest BCUT2D eigenvalue weighted by Crippen LogP contribution is 2.18. The highest BCUT2D eigenvalue weighted by atomic mass is 16.5. The number of nitrogens with one attached hydrogen (secondary N) is 1. The minimum Gasteiger partial charge on any atom is -0.491 e. The fourth-order valence-electron chi connectivity index (χ4n) is 1.78. The number of methoxy groups -OCH3 is 1. The molecule has 0 amide bonds. The third-order valence-corrected chi connectivity index (χ3v) is 2.71. The van der Waals surface area contributed by atoms with Crippen LogP contribution in [0.2, 0.25) is 0 Å². The summed E-state index contributed by atoms with van der Waals surface area (Å²) in [6.45, 7) is 7.15. The van der Waals surface area contributed by atoms with E-state index < -0.39 is 6.10 Å². The van der Waals surface area contributed by atoms with Crippen molar-refractivity contribution >= 4 is 0 Å². The number of aliphatic hydroxyl groups excluding tert-OH is 1. The van der Waals surface area contributed by atoms with Crippen LogP contribution in [0.15, 0.2) is 24.3 Å². The minimum atomic E-state index is -0.521. The van der Waals surface area contributed by atoms with Gasteiger partial charge in [0, 0.05) is 19.7 Å². The van der Waals surface area contributed by atoms with Gasteiger partial charge < -0.3 is 19.9 Å². The van der Waals surface area contributed by atoms with E-state index in [9.17, 15) is 5.11 Å². The van der Waals surface area contributed by atoms with E-state index in [2.05, 4.69) is 5.32 Å². The van der Waals surface area contributed by atoms with E-state index in [0.29, 0.717) is 13.2 Å². The van der Waals surface area contributed by atoms with Crippen molar-refractivity contribution in [2.45, 2.75) is 39.0 Å². The SMILES string of the molecule is COCC(C)NCC(O)c1ccc(OC(C)C)cc1. The Morgan fingerprint density at radius 2 is 1.79 bits per heavy atom. The molecule has 1 aromatic carbocycles. The van der Waals surface area contributed by atoms with Gasteiger partial charge in [-0.2, -0.15) is 0 Å². The largest absolute Gasteiger partial charge is 0.491 e. The van der Waals surface area contributed by atoms with Crippen LogP contribution in [-0.4, -0.2) is 37.5 Å². The van der Waals surface area contributed by atoms with Crippen molar-refractivity contribution in [2.24, 2.45) is 0 Å². The Balaban J connectivity index is 2.46. The van der Waals surface area contributed by atoms with Crippen molar-refractivity contribution in [1.29, 1.82) is 0 Å². The number of hydrogen-bond acceptors (Lipinski definition) is 4. The van der Waals surface area contributed by atoms with Crippen molar-refractivity contribution in [3.8, 4) is 5.75 Å². The maximum Gasteiger partial charge on any atom is 0.119 e. The van der Waals surface area contributed by atoms with Gasteiger partial charge in [0.15, 0.2) is 0 Å². The smallest absolute Gasteiger partial charge is 0.119 e. The minimum absolute atomic E-state index is 0.160. The Bertz CT molecular complexity index is 351. The van der Waals surface area contributed by atoms with Gasteiger partial charge in [0.05, 0.1) is 18.8 Å². The monoisotopic (exact) mass is 267 g/mol. The van der Waals surface area contributed by atoms with Crippen molar-refractivity contribution in [3.63, 3.8) is 0 Å². The number of ether oxygens (including phenoxy) is 2. The van der Waals surface area contributed by atoms with Gasteiger partial charge in [-0.15, -0.1) is 0 Å². The van der Waals surface area contributed by atoms with E-state index in [1.165, 1.54) is 0 Å². The molecule has 2 atom stereocenters. The molecule has 1 aromatic rings. The molecular formula is C15H25NO3. The van der Waals surface area contributed by atoms with Crippen molar-refractivity contribution < 1.29 is 14.6 Å². The molecule has 0 spiro atoms. The lowest BCUT2D eigenvalue weighted by molar-refractivity contribution is 0.143. The molecule has 0 heterocycles. The van der Waals surface area contributed by atoms with Crippen molar-refractivity contribution in [2.75, 3.05) is 20.3 Å². The average molecular weight is 267 g/mol. The summed E-state index contributed by atoms with van der Waals surface area (Å²) < 4.78 is 10.6. The molecule has 0 aliphatic rings. The van der Waals surface area contributed by atoms with Crippen LogP contribution >= 0.6 is 0 Å². The normalized spacial score (nSPS) is 14.4. The molecule has 0 fully saturated rings. The molecule has 0 radical (unpaired) electrons. The first kappa shape index (κ1) is 16.0. The zero-order valence-electron chi connectivity index (χ0n) is 12.2. The molecule has 1 rings (SSSR count). The average Bonchev–Trinajstić information content (AvgIpc) is 2.36. The van der Waals surface area contributed by atoms with Crippen LogP contribution < -0.4 is 10.1 Å².